The summed E-state index contributed by atoms with van der Waals surface area (Å²) in [4.78, 5) is 9.60. The van der Waals surface area contributed by atoms with E-state index in [-0.39, 0.29) is 17.8 Å². The molecule has 8 heteroatoms. The van der Waals surface area contributed by atoms with Crippen molar-refractivity contribution in [3.8, 4) is 16.9 Å². The summed E-state index contributed by atoms with van der Waals surface area (Å²) in [6.45, 7) is -1.33. The Morgan fingerprint density at radius 2 is 1.83 bits per heavy atom. The van der Waals surface area contributed by atoms with Crippen molar-refractivity contribution in [3.63, 3.8) is 0 Å². The average Bonchev–Trinajstić information content (AvgIpc) is 3.46. The van der Waals surface area contributed by atoms with Crippen LogP contribution in [0, 0.1) is 0 Å². The molecule has 186 valence electrons. The van der Waals surface area contributed by atoms with Crippen molar-refractivity contribution < 1.29 is 23.0 Å². The highest BCUT2D eigenvalue weighted by atomic mass is 19.3. The van der Waals surface area contributed by atoms with Gasteiger partial charge < -0.3 is 18.6 Å². The van der Waals surface area contributed by atoms with Gasteiger partial charge in [-0.2, -0.15) is 8.78 Å². The molecule has 0 radical (unpaired) electrons. The highest BCUT2D eigenvalue weighted by molar-refractivity contribution is 5.65. The number of methoxy groups -OCH3 is 1. The van der Waals surface area contributed by atoms with Gasteiger partial charge >= 0.3 is 6.61 Å². The third kappa shape index (κ3) is 4.14. The van der Waals surface area contributed by atoms with Crippen LogP contribution in [-0.4, -0.2) is 41.3 Å². The zero-order valence-electron chi connectivity index (χ0n) is 19.9. The second-order valence-electron chi connectivity index (χ2n) is 9.32. The molecular weight excluding hydrogens is 464 g/mol. The maximum Gasteiger partial charge on any atom is 0.387 e. The van der Waals surface area contributed by atoms with Crippen LogP contribution in [0.1, 0.15) is 59.8 Å². The van der Waals surface area contributed by atoms with Crippen molar-refractivity contribution in [3.05, 3.63) is 83.6 Å². The fraction of sp³-hybridized carbons (Fsp3) is 0.357. The van der Waals surface area contributed by atoms with Crippen molar-refractivity contribution in [1.29, 1.82) is 0 Å². The molecule has 0 saturated carbocycles. The minimum atomic E-state index is -2.89. The predicted octanol–water partition coefficient (Wildman–Crippen LogP) is 6.11. The van der Waals surface area contributed by atoms with Gasteiger partial charge in [0.1, 0.15) is 17.5 Å². The molecule has 1 saturated heterocycles. The second kappa shape index (κ2) is 9.59. The van der Waals surface area contributed by atoms with Crippen molar-refractivity contribution in [1.82, 2.24) is 14.4 Å². The Morgan fingerprint density at radius 1 is 1.03 bits per heavy atom. The quantitative estimate of drug-likeness (QED) is 0.326. The van der Waals surface area contributed by atoms with Gasteiger partial charge in [0.05, 0.1) is 11.4 Å². The first-order valence-corrected chi connectivity index (χ1v) is 12.2. The van der Waals surface area contributed by atoms with E-state index in [1.165, 1.54) is 0 Å². The van der Waals surface area contributed by atoms with Crippen LogP contribution in [-0.2, 0) is 9.47 Å². The van der Waals surface area contributed by atoms with Crippen LogP contribution in [0.4, 0.5) is 8.78 Å². The van der Waals surface area contributed by atoms with Gasteiger partial charge in [0.15, 0.2) is 0 Å². The van der Waals surface area contributed by atoms with Gasteiger partial charge in [0.2, 0.25) is 0 Å². The van der Waals surface area contributed by atoms with Gasteiger partial charge in [0.25, 0.3) is 0 Å². The zero-order valence-corrected chi connectivity index (χ0v) is 19.9. The third-order valence-corrected chi connectivity index (χ3v) is 7.32. The maximum absolute atomic E-state index is 13.1. The van der Waals surface area contributed by atoms with Crippen molar-refractivity contribution in [2.75, 3.05) is 20.3 Å². The van der Waals surface area contributed by atoms with E-state index in [1.54, 1.807) is 19.2 Å². The maximum atomic E-state index is 13.1. The largest absolute Gasteiger partial charge is 0.435 e. The molecular formula is C28H27F2N3O3. The molecule has 0 spiro atoms. The third-order valence-electron chi connectivity index (χ3n) is 7.32. The van der Waals surface area contributed by atoms with E-state index in [4.69, 9.17) is 24.2 Å². The molecule has 1 aromatic carbocycles. The van der Waals surface area contributed by atoms with Gasteiger partial charge in [-0.25, -0.2) is 4.98 Å². The highest BCUT2D eigenvalue weighted by Gasteiger charge is 2.38. The lowest BCUT2D eigenvalue weighted by Crippen LogP contribution is -2.14. The SMILES string of the molecule is CO[C@@H]1C[C@H](c2ccccc2OC(F)F)c2c1nc1ccc(-c3ccc(C4CCOCC4)nc3)cn21. The molecule has 6 rings (SSSR count). The van der Waals surface area contributed by atoms with Gasteiger partial charge in [0, 0.05) is 66.9 Å². The smallest absolute Gasteiger partial charge is 0.387 e. The molecule has 0 bridgehead atoms. The lowest BCUT2D eigenvalue weighted by atomic mass is 9.95. The molecule has 1 fully saturated rings. The zero-order chi connectivity index (χ0) is 24.6. The highest BCUT2D eigenvalue weighted by Crippen LogP contribution is 2.48. The van der Waals surface area contributed by atoms with Crippen molar-refractivity contribution in [2.45, 2.75) is 43.8 Å². The number of rotatable bonds is 6. The fourth-order valence-electron chi connectivity index (χ4n) is 5.54. The average molecular weight is 492 g/mol. The summed E-state index contributed by atoms with van der Waals surface area (Å²) in [7, 11) is 1.65. The number of hydrogen-bond acceptors (Lipinski definition) is 5. The molecule has 3 aromatic heterocycles. The van der Waals surface area contributed by atoms with E-state index >= 15 is 0 Å². The Balaban J connectivity index is 1.39. The van der Waals surface area contributed by atoms with Crippen LogP contribution in [0.25, 0.3) is 16.8 Å². The molecule has 2 atom stereocenters. The van der Waals surface area contributed by atoms with Crippen LogP contribution in [0.5, 0.6) is 5.75 Å². The number of imidazole rings is 1. The summed E-state index contributed by atoms with van der Waals surface area (Å²) in [6.07, 6.45) is 6.34. The molecule has 0 N–H and O–H groups in total. The number of hydrogen-bond donors (Lipinski definition) is 0. The Hall–Kier alpha value is -3.36. The number of aromatic nitrogens is 3. The summed E-state index contributed by atoms with van der Waals surface area (Å²) in [5.41, 5.74) is 6.38. The molecule has 4 aromatic rings. The number of ether oxygens (including phenoxy) is 3. The van der Waals surface area contributed by atoms with Gasteiger partial charge in [-0.3, -0.25) is 4.98 Å². The number of para-hydroxylation sites is 1. The molecule has 4 heterocycles. The van der Waals surface area contributed by atoms with E-state index < -0.39 is 6.61 Å². The monoisotopic (exact) mass is 491 g/mol. The lowest BCUT2D eigenvalue weighted by Gasteiger charge is -2.21. The Morgan fingerprint density at radius 3 is 2.58 bits per heavy atom. The first-order valence-electron chi connectivity index (χ1n) is 12.2. The normalized spacial score (nSPS) is 20.2. The van der Waals surface area contributed by atoms with Crippen LogP contribution in [0.3, 0.4) is 0 Å². The van der Waals surface area contributed by atoms with Crippen molar-refractivity contribution >= 4 is 5.65 Å². The summed E-state index contributed by atoms with van der Waals surface area (Å²) >= 11 is 0. The number of alkyl halides is 2. The molecule has 6 nitrogen and oxygen atoms in total. The van der Waals surface area contributed by atoms with E-state index in [9.17, 15) is 8.78 Å². The number of halogens is 2. The van der Waals surface area contributed by atoms with Gasteiger partial charge in [-0.05, 0) is 43.5 Å². The number of fused-ring (bicyclic) bond motifs is 3. The summed E-state index contributed by atoms with van der Waals surface area (Å²) in [5, 5.41) is 0. The molecule has 36 heavy (non-hydrogen) atoms. The minimum Gasteiger partial charge on any atom is -0.435 e. The second-order valence-corrected chi connectivity index (χ2v) is 9.32. The minimum absolute atomic E-state index is 0.180. The van der Waals surface area contributed by atoms with Crippen LogP contribution in [0.15, 0.2) is 60.9 Å². The number of nitrogens with zero attached hydrogens (tertiary/aromatic N) is 3. The van der Waals surface area contributed by atoms with Gasteiger partial charge in [-0.15, -0.1) is 0 Å². The van der Waals surface area contributed by atoms with Gasteiger partial charge in [-0.1, -0.05) is 24.3 Å². The summed E-state index contributed by atoms with van der Waals surface area (Å²) in [5.74, 6) is 0.424. The Labute approximate surface area is 207 Å². The molecule has 0 unspecified atom stereocenters. The van der Waals surface area contributed by atoms with Crippen molar-refractivity contribution in [2.24, 2.45) is 0 Å². The lowest BCUT2D eigenvalue weighted by molar-refractivity contribution is -0.0506. The van der Waals surface area contributed by atoms with Crippen LogP contribution < -0.4 is 4.74 Å². The van der Waals surface area contributed by atoms with Crippen LogP contribution >= 0.6 is 0 Å². The van der Waals surface area contributed by atoms with E-state index in [2.05, 4.69) is 16.5 Å². The summed E-state index contributed by atoms with van der Waals surface area (Å²) in [6, 6.07) is 15.2. The molecule has 1 aliphatic heterocycles. The Kier molecular flexibility index (Phi) is 6.15. The van der Waals surface area contributed by atoms with E-state index in [1.807, 2.05) is 36.7 Å². The fourth-order valence-corrected chi connectivity index (χ4v) is 5.54. The van der Waals surface area contributed by atoms with E-state index in [0.717, 1.165) is 59.9 Å². The molecule has 2 aliphatic rings. The summed E-state index contributed by atoms with van der Waals surface area (Å²) < 4.78 is 44.4. The van der Waals surface area contributed by atoms with E-state index in [0.29, 0.717) is 17.9 Å². The predicted molar refractivity (Wildman–Crippen MR) is 131 cm³/mol. The topological polar surface area (TPSA) is 57.9 Å². The first-order chi connectivity index (χ1) is 17.6. The number of benzene rings is 1. The Bertz CT molecular complexity index is 1370. The molecule has 1 aliphatic carbocycles. The first kappa shape index (κ1) is 23.1. The standard InChI is InChI=1S/C28H27F2N3O3/c1-34-24-14-21(20-4-2-3-5-23(20)36-28(29)30)27-26(24)32-25-9-7-19(16-33(25)27)18-6-8-22(31-15-18)17-10-12-35-13-11-17/h2-9,15-17,21,24,28H,10-14H2,1H3/t21-,24-/m1/s1. The van der Waals surface area contributed by atoms with Crippen LogP contribution in [0.2, 0.25) is 0 Å². The molecule has 0 amide bonds. The number of pyridine rings is 2.